The molecule has 0 saturated carbocycles. The van der Waals surface area contributed by atoms with Crippen molar-refractivity contribution in [2.45, 2.75) is 19.9 Å². The van der Waals surface area contributed by atoms with Crippen molar-refractivity contribution >= 4 is 17.1 Å². The van der Waals surface area contributed by atoms with Gasteiger partial charge in [-0.25, -0.2) is 9.78 Å². The Hall–Kier alpha value is -2.08. The number of carbonyl (C=O) groups is 1. The molecule has 6 nitrogen and oxygen atoms in total. The molecule has 124 valence electrons. The number of amides is 2. The third-order valence-corrected chi connectivity index (χ3v) is 4.43. The molecule has 2 heterocycles. The molecule has 1 atom stereocenters. The van der Waals surface area contributed by atoms with E-state index in [2.05, 4.69) is 35.4 Å². The first-order chi connectivity index (χ1) is 11.0. The van der Waals surface area contributed by atoms with Crippen LogP contribution >= 0.6 is 0 Å². The topological polar surface area (TPSA) is 59.4 Å². The standard InChI is InChI=1S/C17H24N4O2/c1-12-4-5-15-14(8-12)19-16(21(15)3)9-18-17(22)20(2)10-13-6-7-23-11-13/h4-5,8,13H,6-7,9-11H2,1-3H3,(H,18,22). The highest BCUT2D eigenvalue weighted by molar-refractivity contribution is 5.77. The van der Waals surface area contributed by atoms with Crippen LogP contribution in [-0.2, 0) is 18.3 Å². The number of aryl methyl sites for hydroxylation is 2. The molecule has 1 unspecified atom stereocenters. The molecule has 6 heteroatoms. The van der Waals surface area contributed by atoms with Gasteiger partial charge in [-0.3, -0.25) is 0 Å². The van der Waals surface area contributed by atoms with E-state index in [9.17, 15) is 4.79 Å². The number of nitrogens with one attached hydrogen (secondary N) is 1. The maximum absolute atomic E-state index is 12.2. The zero-order valence-corrected chi connectivity index (χ0v) is 14.0. The van der Waals surface area contributed by atoms with Gasteiger partial charge in [0, 0.05) is 33.2 Å². The molecule has 0 bridgehead atoms. The molecular weight excluding hydrogens is 292 g/mol. The predicted octanol–water partition coefficient (Wildman–Crippen LogP) is 2.06. The number of hydrogen-bond donors (Lipinski definition) is 1. The predicted molar refractivity (Wildman–Crippen MR) is 89.2 cm³/mol. The van der Waals surface area contributed by atoms with Crippen LogP contribution in [0.3, 0.4) is 0 Å². The number of aromatic nitrogens is 2. The van der Waals surface area contributed by atoms with E-state index in [0.717, 1.165) is 43.0 Å². The minimum Gasteiger partial charge on any atom is -0.381 e. The summed E-state index contributed by atoms with van der Waals surface area (Å²) in [6.45, 7) is 4.76. The van der Waals surface area contributed by atoms with Crippen molar-refractivity contribution in [1.82, 2.24) is 19.8 Å². The Labute approximate surface area is 136 Å². The summed E-state index contributed by atoms with van der Waals surface area (Å²) in [6, 6.07) is 6.13. The number of fused-ring (bicyclic) bond motifs is 1. The van der Waals surface area contributed by atoms with E-state index in [1.54, 1.807) is 4.90 Å². The SMILES string of the molecule is Cc1ccc2c(c1)nc(CNC(=O)N(C)CC1CCOC1)n2C. The Morgan fingerprint density at radius 1 is 1.52 bits per heavy atom. The number of imidazole rings is 1. The van der Waals surface area contributed by atoms with Gasteiger partial charge in [-0.15, -0.1) is 0 Å². The lowest BCUT2D eigenvalue weighted by Crippen LogP contribution is -2.40. The summed E-state index contributed by atoms with van der Waals surface area (Å²) < 4.78 is 7.38. The first-order valence-electron chi connectivity index (χ1n) is 8.03. The molecule has 0 aliphatic carbocycles. The highest BCUT2D eigenvalue weighted by Crippen LogP contribution is 2.16. The summed E-state index contributed by atoms with van der Waals surface area (Å²) in [5, 5.41) is 2.95. The Morgan fingerprint density at radius 2 is 2.35 bits per heavy atom. The van der Waals surface area contributed by atoms with Crippen molar-refractivity contribution in [1.29, 1.82) is 0 Å². The molecular formula is C17H24N4O2. The van der Waals surface area contributed by atoms with Crippen LogP contribution in [0.15, 0.2) is 18.2 Å². The first kappa shape index (κ1) is 15.8. The van der Waals surface area contributed by atoms with Gasteiger partial charge in [-0.1, -0.05) is 6.07 Å². The van der Waals surface area contributed by atoms with Gasteiger partial charge in [0.15, 0.2) is 0 Å². The van der Waals surface area contributed by atoms with Crippen LogP contribution in [0.4, 0.5) is 4.79 Å². The molecule has 0 spiro atoms. The highest BCUT2D eigenvalue weighted by Gasteiger charge is 2.20. The number of ether oxygens (including phenoxy) is 1. The number of benzene rings is 1. The molecule has 1 saturated heterocycles. The number of carbonyl (C=O) groups excluding carboxylic acids is 1. The highest BCUT2D eigenvalue weighted by atomic mass is 16.5. The van der Waals surface area contributed by atoms with Gasteiger partial charge < -0.3 is 19.5 Å². The molecule has 1 aromatic heterocycles. The Kier molecular flexibility index (Phi) is 4.52. The molecule has 2 aromatic rings. The maximum atomic E-state index is 12.2. The summed E-state index contributed by atoms with van der Waals surface area (Å²) in [4.78, 5) is 18.6. The van der Waals surface area contributed by atoms with E-state index in [1.807, 2.05) is 18.7 Å². The molecule has 1 N–H and O–H groups in total. The summed E-state index contributed by atoms with van der Waals surface area (Å²) >= 11 is 0. The largest absolute Gasteiger partial charge is 0.381 e. The minimum atomic E-state index is -0.0693. The Balaban J connectivity index is 1.61. The van der Waals surface area contributed by atoms with Crippen LogP contribution in [0.2, 0.25) is 0 Å². The average molecular weight is 316 g/mol. The third kappa shape index (κ3) is 3.47. The van der Waals surface area contributed by atoms with Gasteiger partial charge in [-0.2, -0.15) is 0 Å². The smallest absolute Gasteiger partial charge is 0.317 e. The number of nitrogens with zero attached hydrogens (tertiary/aromatic N) is 3. The summed E-state index contributed by atoms with van der Waals surface area (Å²) in [6.07, 6.45) is 1.03. The van der Waals surface area contributed by atoms with Gasteiger partial charge in [0.05, 0.1) is 24.2 Å². The normalized spacial score (nSPS) is 17.6. The van der Waals surface area contributed by atoms with E-state index in [1.165, 1.54) is 5.56 Å². The average Bonchev–Trinajstić information content (AvgIpc) is 3.13. The van der Waals surface area contributed by atoms with E-state index in [4.69, 9.17) is 4.74 Å². The van der Waals surface area contributed by atoms with Crippen molar-refractivity contribution < 1.29 is 9.53 Å². The van der Waals surface area contributed by atoms with Gasteiger partial charge in [0.25, 0.3) is 0 Å². The molecule has 1 aliphatic heterocycles. The monoisotopic (exact) mass is 316 g/mol. The lowest BCUT2D eigenvalue weighted by atomic mass is 10.1. The van der Waals surface area contributed by atoms with Crippen LogP contribution in [0.5, 0.6) is 0 Å². The molecule has 2 amide bonds. The lowest BCUT2D eigenvalue weighted by molar-refractivity contribution is 0.171. The molecule has 0 radical (unpaired) electrons. The van der Waals surface area contributed by atoms with Crippen molar-refractivity contribution in [3.63, 3.8) is 0 Å². The van der Waals surface area contributed by atoms with Gasteiger partial charge >= 0.3 is 6.03 Å². The van der Waals surface area contributed by atoms with Gasteiger partial charge in [0.2, 0.25) is 0 Å². The second-order valence-electron chi connectivity index (χ2n) is 6.35. The van der Waals surface area contributed by atoms with Crippen LogP contribution < -0.4 is 5.32 Å². The van der Waals surface area contributed by atoms with Crippen molar-refractivity contribution in [2.75, 3.05) is 26.8 Å². The van der Waals surface area contributed by atoms with Crippen LogP contribution in [0.1, 0.15) is 17.8 Å². The Morgan fingerprint density at radius 3 is 3.09 bits per heavy atom. The second-order valence-corrected chi connectivity index (χ2v) is 6.35. The van der Waals surface area contributed by atoms with E-state index in [-0.39, 0.29) is 6.03 Å². The third-order valence-electron chi connectivity index (χ3n) is 4.43. The number of urea groups is 1. The van der Waals surface area contributed by atoms with E-state index >= 15 is 0 Å². The fourth-order valence-electron chi connectivity index (χ4n) is 3.01. The lowest BCUT2D eigenvalue weighted by Gasteiger charge is -2.20. The molecule has 1 aliphatic rings. The zero-order valence-electron chi connectivity index (χ0n) is 14.0. The molecule has 3 rings (SSSR count). The molecule has 1 fully saturated rings. The Bertz CT molecular complexity index is 704. The summed E-state index contributed by atoms with van der Waals surface area (Å²) in [5.41, 5.74) is 3.23. The van der Waals surface area contributed by atoms with Crippen molar-refractivity contribution in [2.24, 2.45) is 13.0 Å². The summed E-state index contributed by atoms with van der Waals surface area (Å²) in [7, 11) is 3.80. The maximum Gasteiger partial charge on any atom is 0.317 e. The first-order valence-corrected chi connectivity index (χ1v) is 8.03. The molecule has 23 heavy (non-hydrogen) atoms. The zero-order chi connectivity index (χ0) is 16.4. The van der Waals surface area contributed by atoms with Crippen molar-refractivity contribution in [3.05, 3.63) is 29.6 Å². The second kappa shape index (κ2) is 6.58. The van der Waals surface area contributed by atoms with E-state index < -0.39 is 0 Å². The van der Waals surface area contributed by atoms with E-state index in [0.29, 0.717) is 12.5 Å². The number of rotatable bonds is 4. The quantitative estimate of drug-likeness (QED) is 0.939. The van der Waals surface area contributed by atoms with Crippen molar-refractivity contribution in [3.8, 4) is 0 Å². The van der Waals surface area contributed by atoms with Crippen LogP contribution in [-0.4, -0.2) is 47.3 Å². The van der Waals surface area contributed by atoms with Gasteiger partial charge in [0.1, 0.15) is 5.82 Å². The fraction of sp³-hybridized carbons (Fsp3) is 0.529. The van der Waals surface area contributed by atoms with Gasteiger partial charge in [-0.05, 0) is 31.0 Å². The number of hydrogen-bond acceptors (Lipinski definition) is 3. The van der Waals surface area contributed by atoms with Crippen LogP contribution in [0.25, 0.3) is 11.0 Å². The fourth-order valence-corrected chi connectivity index (χ4v) is 3.01. The molecule has 1 aromatic carbocycles. The minimum absolute atomic E-state index is 0.0693. The summed E-state index contributed by atoms with van der Waals surface area (Å²) in [5.74, 6) is 1.31. The van der Waals surface area contributed by atoms with Crippen LogP contribution in [0, 0.1) is 12.8 Å².